The molecule has 2 aromatic rings. The van der Waals surface area contributed by atoms with E-state index < -0.39 is 0 Å². The van der Waals surface area contributed by atoms with Gasteiger partial charge in [-0.3, -0.25) is 4.79 Å². The Labute approximate surface area is 142 Å². The van der Waals surface area contributed by atoms with Gasteiger partial charge in [0, 0.05) is 34.0 Å². The highest BCUT2D eigenvalue weighted by atomic mass is 79.9. The van der Waals surface area contributed by atoms with Gasteiger partial charge in [-0.1, -0.05) is 12.1 Å². The average Bonchev–Trinajstić information content (AvgIpc) is 3.18. The van der Waals surface area contributed by atoms with Crippen LogP contribution in [0.15, 0.2) is 34.8 Å². The van der Waals surface area contributed by atoms with Gasteiger partial charge in [-0.2, -0.15) is 0 Å². The maximum Gasteiger partial charge on any atom is 0.228 e. The van der Waals surface area contributed by atoms with Gasteiger partial charge < -0.3 is 14.8 Å². The summed E-state index contributed by atoms with van der Waals surface area (Å²) in [5.74, 6) is 1.75. The molecule has 0 atom stereocenters. The van der Waals surface area contributed by atoms with E-state index in [4.69, 9.17) is 9.47 Å². The lowest BCUT2D eigenvalue weighted by Gasteiger charge is -2.13. The van der Waals surface area contributed by atoms with Crippen molar-refractivity contribution in [3.63, 3.8) is 0 Å². The van der Waals surface area contributed by atoms with Crippen molar-refractivity contribution in [2.24, 2.45) is 0 Å². The van der Waals surface area contributed by atoms with Gasteiger partial charge in [0.05, 0.1) is 25.3 Å². The Morgan fingerprint density at radius 1 is 1.17 bits per heavy atom. The molecule has 0 aromatic heterocycles. The SMILES string of the molecule is O=C(Cc1c2c(cc3c1OCC3)OCC2)Nc1ccccc1Br. The number of anilines is 1. The molecule has 4 nitrogen and oxygen atoms in total. The predicted molar refractivity (Wildman–Crippen MR) is 91.3 cm³/mol. The van der Waals surface area contributed by atoms with Crippen LogP contribution in [0.3, 0.4) is 0 Å². The fourth-order valence-corrected chi connectivity index (χ4v) is 3.57. The molecular weight excluding hydrogens is 358 g/mol. The molecule has 1 N–H and O–H groups in total. The summed E-state index contributed by atoms with van der Waals surface area (Å²) in [6, 6.07) is 9.67. The number of hydrogen-bond acceptors (Lipinski definition) is 3. The number of carbonyl (C=O) groups excluding carboxylic acids is 1. The minimum atomic E-state index is -0.0464. The van der Waals surface area contributed by atoms with Crippen molar-refractivity contribution in [2.75, 3.05) is 18.5 Å². The van der Waals surface area contributed by atoms with Gasteiger partial charge in [-0.05, 0) is 34.1 Å². The number of carbonyl (C=O) groups is 1. The number of fused-ring (bicyclic) bond motifs is 2. The van der Waals surface area contributed by atoms with E-state index in [1.807, 2.05) is 24.3 Å². The van der Waals surface area contributed by atoms with Crippen LogP contribution in [0.1, 0.15) is 16.7 Å². The maximum atomic E-state index is 12.5. The lowest BCUT2D eigenvalue weighted by molar-refractivity contribution is -0.115. The summed E-state index contributed by atoms with van der Waals surface area (Å²) < 4.78 is 12.3. The molecule has 5 heteroatoms. The van der Waals surface area contributed by atoms with Crippen LogP contribution in [0.2, 0.25) is 0 Å². The fourth-order valence-electron chi connectivity index (χ4n) is 3.19. The van der Waals surface area contributed by atoms with E-state index in [0.717, 1.165) is 51.2 Å². The van der Waals surface area contributed by atoms with Crippen molar-refractivity contribution in [3.8, 4) is 11.5 Å². The molecule has 0 unspecified atom stereocenters. The first-order chi connectivity index (χ1) is 11.2. The number of benzene rings is 2. The quantitative estimate of drug-likeness (QED) is 0.895. The Bertz CT molecular complexity index is 756. The first-order valence-corrected chi connectivity index (χ1v) is 8.49. The molecular formula is C18H16BrNO3. The zero-order valence-electron chi connectivity index (χ0n) is 12.5. The van der Waals surface area contributed by atoms with Crippen LogP contribution < -0.4 is 14.8 Å². The number of rotatable bonds is 3. The van der Waals surface area contributed by atoms with Crippen molar-refractivity contribution in [3.05, 3.63) is 51.5 Å². The molecule has 2 aliphatic heterocycles. The number of para-hydroxylation sites is 1. The van der Waals surface area contributed by atoms with Gasteiger partial charge in [0.25, 0.3) is 0 Å². The third-order valence-corrected chi connectivity index (χ3v) is 4.94. The topological polar surface area (TPSA) is 47.6 Å². The van der Waals surface area contributed by atoms with Crippen LogP contribution in [0.5, 0.6) is 11.5 Å². The van der Waals surface area contributed by atoms with E-state index in [-0.39, 0.29) is 5.91 Å². The highest BCUT2D eigenvalue weighted by Gasteiger charge is 2.27. The van der Waals surface area contributed by atoms with Gasteiger partial charge in [-0.15, -0.1) is 0 Å². The van der Waals surface area contributed by atoms with E-state index >= 15 is 0 Å². The molecule has 1 amide bonds. The largest absolute Gasteiger partial charge is 0.493 e. The zero-order chi connectivity index (χ0) is 15.8. The van der Waals surface area contributed by atoms with Crippen molar-refractivity contribution >= 4 is 27.5 Å². The molecule has 0 saturated heterocycles. The second-order valence-corrected chi connectivity index (χ2v) is 6.58. The van der Waals surface area contributed by atoms with Gasteiger partial charge in [0.15, 0.2) is 0 Å². The average molecular weight is 374 g/mol. The van der Waals surface area contributed by atoms with Crippen LogP contribution in [-0.4, -0.2) is 19.1 Å². The van der Waals surface area contributed by atoms with Gasteiger partial charge in [-0.25, -0.2) is 0 Å². The smallest absolute Gasteiger partial charge is 0.228 e. The monoisotopic (exact) mass is 373 g/mol. The number of nitrogens with one attached hydrogen (secondary N) is 1. The summed E-state index contributed by atoms with van der Waals surface area (Å²) in [6.45, 7) is 1.36. The molecule has 2 aromatic carbocycles. The van der Waals surface area contributed by atoms with Crippen LogP contribution in [-0.2, 0) is 24.1 Å². The molecule has 0 fully saturated rings. The van der Waals surface area contributed by atoms with Crippen molar-refractivity contribution in [2.45, 2.75) is 19.3 Å². The summed E-state index contributed by atoms with van der Waals surface area (Å²) in [6.07, 6.45) is 2.02. The summed E-state index contributed by atoms with van der Waals surface area (Å²) >= 11 is 3.45. The Hall–Kier alpha value is -2.01. The Morgan fingerprint density at radius 3 is 2.87 bits per heavy atom. The number of amides is 1. The Kier molecular flexibility index (Phi) is 3.73. The molecule has 4 rings (SSSR count). The van der Waals surface area contributed by atoms with E-state index in [9.17, 15) is 4.79 Å². The standard InChI is InChI=1S/C18H16BrNO3/c19-14-3-1-2-4-15(14)20-17(21)10-13-12-6-8-22-16(12)9-11-5-7-23-18(11)13/h1-4,9H,5-8,10H2,(H,20,21). The first kappa shape index (κ1) is 14.6. The molecule has 0 aliphatic carbocycles. The lowest BCUT2D eigenvalue weighted by Crippen LogP contribution is -2.16. The lowest BCUT2D eigenvalue weighted by atomic mass is 9.97. The molecule has 2 aliphatic rings. The van der Waals surface area contributed by atoms with Crippen LogP contribution in [0.25, 0.3) is 0 Å². The number of ether oxygens (including phenoxy) is 2. The van der Waals surface area contributed by atoms with Gasteiger partial charge >= 0.3 is 0 Å². The highest BCUT2D eigenvalue weighted by Crippen LogP contribution is 2.40. The van der Waals surface area contributed by atoms with E-state index in [1.54, 1.807) is 0 Å². The highest BCUT2D eigenvalue weighted by molar-refractivity contribution is 9.10. The second-order valence-electron chi connectivity index (χ2n) is 5.72. The number of hydrogen-bond donors (Lipinski definition) is 1. The first-order valence-electron chi connectivity index (χ1n) is 7.70. The van der Waals surface area contributed by atoms with E-state index in [1.165, 1.54) is 0 Å². The molecule has 118 valence electrons. The van der Waals surface area contributed by atoms with Gasteiger partial charge in [0.2, 0.25) is 5.91 Å². The maximum absolute atomic E-state index is 12.5. The second kappa shape index (κ2) is 5.89. The Balaban J connectivity index is 1.62. The Morgan fingerprint density at radius 2 is 2.00 bits per heavy atom. The van der Waals surface area contributed by atoms with Crippen molar-refractivity contribution in [1.29, 1.82) is 0 Å². The normalized spacial score (nSPS) is 14.7. The molecule has 0 radical (unpaired) electrons. The van der Waals surface area contributed by atoms with Crippen LogP contribution in [0.4, 0.5) is 5.69 Å². The van der Waals surface area contributed by atoms with E-state index in [0.29, 0.717) is 19.6 Å². The minimum absolute atomic E-state index is 0.0464. The fraction of sp³-hybridized carbons (Fsp3) is 0.278. The molecule has 2 heterocycles. The molecule has 23 heavy (non-hydrogen) atoms. The van der Waals surface area contributed by atoms with Crippen molar-refractivity contribution in [1.82, 2.24) is 0 Å². The zero-order valence-corrected chi connectivity index (χ0v) is 14.1. The van der Waals surface area contributed by atoms with Crippen LogP contribution in [0, 0.1) is 0 Å². The summed E-state index contributed by atoms with van der Waals surface area (Å²) in [7, 11) is 0. The summed E-state index contributed by atoms with van der Waals surface area (Å²) in [5, 5.41) is 2.96. The predicted octanol–water partition coefficient (Wildman–Crippen LogP) is 3.50. The van der Waals surface area contributed by atoms with Crippen molar-refractivity contribution < 1.29 is 14.3 Å². The molecule has 0 saturated carbocycles. The third kappa shape index (κ3) is 2.70. The van der Waals surface area contributed by atoms with E-state index in [2.05, 4.69) is 27.3 Å². The number of halogens is 1. The van der Waals surface area contributed by atoms with Gasteiger partial charge in [0.1, 0.15) is 11.5 Å². The minimum Gasteiger partial charge on any atom is -0.493 e. The summed E-state index contributed by atoms with van der Waals surface area (Å²) in [5.41, 5.74) is 4.03. The molecule has 0 spiro atoms. The molecule has 0 bridgehead atoms. The third-order valence-electron chi connectivity index (χ3n) is 4.25. The van der Waals surface area contributed by atoms with Crippen LogP contribution >= 0.6 is 15.9 Å². The summed E-state index contributed by atoms with van der Waals surface area (Å²) in [4.78, 5) is 12.5.